The lowest BCUT2D eigenvalue weighted by Crippen LogP contribution is -2.15. The summed E-state index contributed by atoms with van der Waals surface area (Å²) in [4.78, 5) is 12.5. The number of carbonyl (C=O) groups excluding carboxylic acids is 1. The van der Waals surface area contributed by atoms with Gasteiger partial charge < -0.3 is 28.8 Å². The van der Waals surface area contributed by atoms with Crippen LogP contribution in [0.4, 0.5) is 5.69 Å². The van der Waals surface area contributed by atoms with E-state index in [2.05, 4.69) is 15.5 Å². The van der Waals surface area contributed by atoms with Crippen LogP contribution in [0.2, 0.25) is 0 Å². The third-order valence-corrected chi connectivity index (χ3v) is 5.74. The topological polar surface area (TPSA) is 96.7 Å². The van der Waals surface area contributed by atoms with Crippen LogP contribution in [-0.2, 0) is 16.1 Å². The molecule has 0 unspecified atom stereocenters. The van der Waals surface area contributed by atoms with Crippen molar-refractivity contribution in [1.29, 1.82) is 0 Å². The number of nitrogens with one attached hydrogen (secondary N) is 1. The minimum absolute atomic E-state index is 0.146. The Kier molecular flexibility index (Phi) is 8.96. The largest absolute Gasteiger partial charge is 0.497 e. The van der Waals surface area contributed by atoms with E-state index in [1.165, 1.54) is 11.8 Å². The smallest absolute Gasteiger partial charge is 0.234 e. The predicted molar refractivity (Wildman–Crippen MR) is 127 cm³/mol. The van der Waals surface area contributed by atoms with Gasteiger partial charge in [0.15, 0.2) is 22.5 Å². The zero-order valence-corrected chi connectivity index (χ0v) is 20.0. The molecule has 0 spiro atoms. The summed E-state index contributed by atoms with van der Waals surface area (Å²) in [5.74, 6) is 2.64. The molecule has 0 aliphatic rings. The van der Waals surface area contributed by atoms with Crippen molar-refractivity contribution in [2.75, 3.05) is 46.1 Å². The standard InChI is InChI=1S/C23H28N4O5S/c1-29-12-6-11-27-22(16-9-10-19(31-3)20(13-16)32-4)25-26-23(27)33-15-21(28)24-17-7-5-8-18(14-17)30-2/h5,7-10,13-14H,6,11-12,15H2,1-4H3,(H,24,28). The average molecular weight is 473 g/mol. The Morgan fingerprint density at radius 1 is 1.00 bits per heavy atom. The Balaban J connectivity index is 1.77. The first-order valence-corrected chi connectivity index (χ1v) is 11.3. The van der Waals surface area contributed by atoms with Gasteiger partial charge in [0.1, 0.15) is 5.75 Å². The number of nitrogens with zero attached hydrogens (tertiary/aromatic N) is 3. The van der Waals surface area contributed by atoms with Crippen molar-refractivity contribution < 1.29 is 23.7 Å². The molecule has 1 aromatic heterocycles. The van der Waals surface area contributed by atoms with E-state index in [9.17, 15) is 4.79 Å². The maximum atomic E-state index is 12.5. The van der Waals surface area contributed by atoms with Crippen LogP contribution in [0, 0.1) is 0 Å². The van der Waals surface area contributed by atoms with Crippen LogP contribution in [0.3, 0.4) is 0 Å². The molecule has 0 saturated heterocycles. The van der Waals surface area contributed by atoms with Crippen molar-refractivity contribution in [2.24, 2.45) is 0 Å². The fourth-order valence-electron chi connectivity index (χ4n) is 3.18. The summed E-state index contributed by atoms with van der Waals surface area (Å²) in [5.41, 5.74) is 1.51. The summed E-state index contributed by atoms with van der Waals surface area (Å²) >= 11 is 1.32. The van der Waals surface area contributed by atoms with Gasteiger partial charge in [0, 0.05) is 37.6 Å². The molecule has 9 nitrogen and oxygen atoms in total. The third-order valence-electron chi connectivity index (χ3n) is 4.77. The summed E-state index contributed by atoms with van der Waals surface area (Å²) in [6.45, 7) is 1.24. The molecule has 1 amide bonds. The van der Waals surface area contributed by atoms with Crippen molar-refractivity contribution in [1.82, 2.24) is 14.8 Å². The van der Waals surface area contributed by atoms with Gasteiger partial charge in [-0.2, -0.15) is 0 Å². The highest BCUT2D eigenvalue weighted by Crippen LogP contribution is 2.33. The first-order valence-electron chi connectivity index (χ1n) is 10.3. The predicted octanol–water partition coefficient (Wildman–Crippen LogP) is 3.74. The summed E-state index contributed by atoms with van der Waals surface area (Å²) < 4.78 is 23.1. The molecule has 10 heteroatoms. The number of rotatable bonds is 12. The maximum Gasteiger partial charge on any atom is 0.234 e. The minimum Gasteiger partial charge on any atom is -0.497 e. The summed E-state index contributed by atoms with van der Waals surface area (Å²) in [6.07, 6.45) is 0.776. The molecule has 0 saturated carbocycles. The molecule has 0 radical (unpaired) electrons. The Hall–Kier alpha value is -3.24. The van der Waals surface area contributed by atoms with E-state index in [0.29, 0.717) is 47.1 Å². The van der Waals surface area contributed by atoms with Crippen LogP contribution in [-0.4, -0.2) is 61.5 Å². The molecular weight excluding hydrogens is 444 g/mol. The Bertz CT molecular complexity index is 1070. The van der Waals surface area contributed by atoms with E-state index in [1.54, 1.807) is 34.5 Å². The molecular formula is C23H28N4O5S. The van der Waals surface area contributed by atoms with E-state index in [1.807, 2.05) is 41.0 Å². The maximum absolute atomic E-state index is 12.5. The van der Waals surface area contributed by atoms with Crippen LogP contribution < -0.4 is 19.5 Å². The molecule has 176 valence electrons. The second-order valence-corrected chi connectivity index (χ2v) is 7.89. The molecule has 2 aromatic carbocycles. The Labute approximate surface area is 197 Å². The van der Waals surface area contributed by atoms with E-state index in [0.717, 1.165) is 12.0 Å². The zero-order valence-electron chi connectivity index (χ0n) is 19.2. The zero-order chi connectivity index (χ0) is 23.6. The van der Waals surface area contributed by atoms with Gasteiger partial charge in [0.25, 0.3) is 0 Å². The highest BCUT2D eigenvalue weighted by Gasteiger charge is 2.17. The molecule has 0 aliphatic heterocycles. The van der Waals surface area contributed by atoms with Gasteiger partial charge in [-0.3, -0.25) is 4.79 Å². The van der Waals surface area contributed by atoms with E-state index < -0.39 is 0 Å². The fourth-order valence-corrected chi connectivity index (χ4v) is 3.95. The van der Waals surface area contributed by atoms with Crippen LogP contribution in [0.25, 0.3) is 11.4 Å². The molecule has 33 heavy (non-hydrogen) atoms. The van der Waals surface area contributed by atoms with Gasteiger partial charge in [-0.1, -0.05) is 17.8 Å². The molecule has 0 fully saturated rings. The van der Waals surface area contributed by atoms with Crippen molar-refractivity contribution in [2.45, 2.75) is 18.1 Å². The van der Waals surface area contributed by atoms with Gasteiger partial charge >= 0.3 is 0 Å². The van der Waals surface area contributed by atoms with Crippen LogP contribution in [0.15, 0.2) is 47.6 Å². The van der Waals surface area contributed by atoms with Gasteiger partial charge in [-0.15, -0.1) is 10.2 Å². The highest BCUT2D eigenvalue weighted by atomic mass is 32.2. The molecule has 0 bridgehead atoms. The number of hydrogen-bond donors (Lipinski definition) is 1. The van der Waals surface area contributed by atoms with Crippen molar-refractivity contribution in [3.05, 3.63) is 42.5 Å². The molecule has 1 heterocycles. The number of amides is 1. The first-order chi connectivity index (χ1) is 16.1. The van der Waals surface area contributed by atoms with E-state index in [-0.39, 0.29) is 11.7 Å². The number of benzene rings is 2. The lowest BCUT2D eigenvalue weighted by Gasteiger charge is -2.12. The van der Waals surface area contributed by atoms with Gasteiger partial charge in [-0.25, -0.2) is 0 Å². The monoisotopic (exact) mass is 472 g/mol. The summed E-state index contributed by atoms with van der Waals surface area (Å²) in [5, 5.41) is 12.3. The van der Waals surface area contributed by atoms with Crippen LogP contribution in [0.5, 0.6) is 17.2 Å². The first kappa shape index (κ1) is 24.4. The van der Waals surface area contributed by atoms with Crippen LogP contribution in [0.1, 0.15) is 6.42 Å². The number of carbonyl (C=O) groups is 1. The molecule has 1 N–H and O–H groups in total. The fraction of sp³-hybridized carbons (Fsp3) is 0.348. The highest BCUT2D eigenvalue weighted by molar-refractivity contribution is 7.99. The van der Waals surface area contributed by atoms with E-state index >= 15 is 0 Å². The number of aromatic nitrogens is 3. The van der Waals surface area contributed by atoms with Crippen molar-refractivity contribution >= 4 is 23.4 Å². The second-order valence-electron chi connectivity index (χ2n) is 6.94. The third kappa shape index (κ3) is 6.39. The van der Waals surface area contributed by atoms with E-state index in [4.69, 9.17) is 18.9 Å². The SMILES string of the molecule is COCCCn1c(SCC(=O)Nc2cccc(OC)c2)nnc1-c1ccc(OC)c(OC)c1. The quantitative estimate of drug-likeness (QED) is 0.315. The molecule has 3 aromatic rings. The molecule has 0 aliphatic carbocycles. The Morgan fingerprint density at radius 3 is 2.55 bits per heavy atom. The summed E-state index contributed by atoms with van der Waals surface area (Å²) in [6, 6.07) is 12.8. The second kappa shape index (κ2) is 12.1. The summed E-state index contributed by atoms with van der Waals surface area (Å²) in [7, 11) is 6.44. The number of hydrogen-bond acceptors (Lipinski definition) is 8. The van der Waals surface area contributed by atoms with Gasteiger partial charge in [-0.05, 0) is 36.8 Å². The number of ether oxygens (including phenoxy) is 4. The minimum atomic E-state index is -0.146. The van der Waals surface area contributed by atoms with Crippen molar-refractivity contribution in [3.63, 3.8) is 0 Å². The lowest BCUT2D eigenvalue weighted by molar-refractivity contribution is -0.113. The number of methoxy groups -OCH3 is 4. The van der Waals surface area contributed by atoms with Crippen LogP contribution >= 0.6 is 11.8 Å². The average Bonchev–Trinajstić information content (AvgIpc) is 3.25. The lowest BCUT2D eigenvalue weighted by atomic mass is 10.2. The molecule has 0 atom stereocenters. The number of thioether (sulfide) groups is 1. The molecule has 3 rings (SSSR count). The van der Waals surface area contributed by atoms with Gasteiger partial charge in [0.2, 0.25) is 5.91 Å². The van der Waals surface area contributed by atoms with Crippen molar-refractivity contribution in [3.8, 4) is 28.6 Å². The van der Waals surface area contributed by atoms with Gasteiger partial charge in [0.05, 0.1) is 27.1 Å². The number of anilines is 1. The normalized spacial score (nSPS) is 10.7. The Morgan fingerprint density at radius 2 is 1.82 bits per heavy atom.